The van der Waals surface area contributed by atoms with Crippen molar-refractivity contribution in [2.45, 2.75) is 12.5 Å². The predicted molar refractivity (Wildman–Crippen MR) is 84.1 cm³/mol. The zero-order chi connectivity index (χ0) is 19.1. The van der Waals surface area contributed by atoms with Crippen LogP contribution in [0.25, 0.3) is 22.2 Å². The van der Waals surface area contributed by atoms with Gasteiger partial charge in [-0.15, -0.1) is 0 Å². The Hall–Kier alpha value is -2.91. The van der Waals surface area contributed by atoms with Crippen molar-refractivity contribution in [3.05, 3.63) is 58.3 Å². The minimum atomic E-state index is -2.69. The summed E-state index contributed by atoms with van der Waals surface area (Å²) < 4.78 is 42.2. The molecule has 0 aliphatic rings. The van der Waals surface area contributed by atoms with Crippen LogP contribution in [-0.2, 0) is 13.4 Å². The number of hydrogen-bond donors (Lipinski definition) is 1. The molecule has 1 heterocycles. The average molecular weight is 314 g/mol. The maximum atomic E-state index is 14.3. The van der Waals surface area contributed by atoms with Gasteiger partial charge in [-0.25, -0.2) is 9.18 Å². The lowest BCUT2D eigenvalue weighted by molar-refractivity contribution is 0.528. The van der Waals surface area contributed by atoms with Crippen LogP contribution in [0.4, 0.5) is 4.39 Å². The van der Waals surface area contributed by atoms with Crippen LogP contribution in [0, 0.1) is 17.1 Å². The Morgan fingerprint density at radius 2 is 2.13 bits per heavy atom. The van der Waals surface area contributed by atoms with E-state index in [9.17, 15) is 9.18 Å². The summed E-state index contributed by atoms with van der Waals surface area (Å²) in [6.45, 7) is -2.69. The van der Waals surface area contributed by atoms with Gasteiger partial charge in [0.05, 0.1) is 17.6 Å². The molecule has 23 heavy (non-hydrogen) atoms. The van der Waals surface area contributed by atoms with E-state index < -0.39 is 24.6 Å². The second kappa shape index (κ2) is 5.71. The van der Waals surface area contributed by atoms with E-state index in [4.69, 9.17) is 19.5 Å². The van der Waals surface area contributed by atoms with Crippen molar-refractivity contribution in [3.8, 4) is 17.2 Å². The topological polar surface area (TPSA) is 84.9 Å². The number of nitrogens with zero attached hydrogens (tertiary/aromatic N) is 2. The molecule has 2 N–H and O–H groups in total. The largest absolute Gasteiger partial charge is 0.419 e. The molecule has 2 aromatic carbocycles. The SMILES string of the molecule is [2H]C([2H])([2H])n1c(=O)oc2ccc(-c3ccc(C[C@H](N)C#N)c(F)c3)cc21. The van der Waals surface area contributed by atoms with Gasteiger partial charge < -0.3 is 10.2 Å². The summed E-state index contributed by atoms with van der Waals surface area (Å²) in [6.07, 6.45) is 0.0853. The number of oxazole rings is 1. The molecule has 0 spiro atoms. The molecule has 0 bridgehead atoms. The summed E-state index contributed by atoms with van der Waals surface area (Å²) >= 11 is 0. The lowest BCUT2D eigenvalue weighted by Gasteiger charge is -2.08. The molecule has 0 amide bonds. The van der Waals surface area contributed by atoms with Gasteiger partial charge in [0.2, 0.25) is 0 Å². The number of nitrogens with two attached hydrogens (primary N) is 1. The highest BCUT2D eigenvalue weighted by Crippen LogP contribution is 2.25. The second-order valence-corrected chi connectivity index (χ2v) is 5.13. The van der Waals surface area contributed by atoms with E-state index in [-0.39, 0.29) is 17.5 Å². The summed E-state index contributed by atoms with van der Waals surface area (Å²) in [5, 5.41) is 8.73. The summed E-state index contributed by atoms with van der Waals surface area (Å²) in [6, 6.07) is 10.0. The Morgan fingerprint density at radius 3 is 2.83 bits per heavy atom. The summed E-state index contributed by atoms with van der Waals surface area (Å²) in [4.78, 5) is 11.8. The number of fused-ring (bicyclic) bond motifs is 1. The van der Waals surface area contributed by atoms with Crippen LogP contribution in [-0.4, -0.2) is 10.6 Å². The van der Waals surface area contributed by atoms with Crippen LogP contribution in [0.1, 0.15) is 9.68 Å². The molecule has 1 aromatic heterocycles. The van der Waals surface area contributed by atoms with E-state index >= 15 is 0 Å². The fraction of sp³-hybridized carbons (Fsp3) is 0.176. The molecular weight excluding hydrogens is 297 g/mol. The minimum Gasteiger partial charge on any atom is -0.408 e. The first kappa shape index (κ1) is 11.6. The highest BCUT2D eigenvalue weighted by atomic mass is 19.1. The van der Waals surface area contributed by atoms with E-state index in [1.54, 1.807) is 12.1 Å². The molecule has 0 saturated heterocycles. The van der Waals surface area contributed by atoms with E-state index in [1.807, 2.05) is 6.07 Å². The van der Waals surface area contributed by atoms with E-state index in [2.05, 4.69) is 0 Å². The maximum absolute atomic E-state index is 14.3. The van der Waals surface area contributed by atoms with Crippen LogP contribution in [0.15, 0.2) is 45.6 Å². The molecule has 3 aromatic rings. The van der Waals surface area contributed by atoms with Crippen molar-refractivity contribution in [1.29, 1.82) is 5.26 Å². The number of rotatable bonds is 3. The lowest BCUT2D eigenvalue weighted by Crippen LogP contribution is -2.20. The van der Waals surface area contributed by atoms with Crippen molar-refractivity contribution >= 4 is 11.1 Å². The Morgan fingerprint density at radius 1 is 1.39 bits per heavy atom. The number of nitriles is 1. The van der Waals surface area contributed by atoms with Gasteiger partial charge in [0, 0.05) is 17.5 Å². The quantitative estimate of drug-likeness (QED) is 0.804. The molecular formula is C17H14FN3O2. The Bertz CT molecular complexity index is 1080. The monoisotopic (exact) mass is 314 g/mol. The zero-order valence-corrected chi connectivity index (χ0v) is 11.9. The standard InChI is InChI=1S/C17H14FN3O2/c1-21-15-8-11(4-5-16(15)23-17(21)22)10-2-3-12(14(18)7-10)6-13(20)9-19/h2-5,7-8,13H,6,20H2,1H3/t13-/m0/s1/i1D3. The first-order valence-electron chi connectivity index (χ1n) is 8.31. The average Bonchev–Trinajstić information content (AvgIpc) is 2.91. The van der Waals surface area contributed by atoms with Crippen LogP contribution in [0.2, 0.25) is 0 Å². The molecule has 3 rings (SSSR count). The Kier molecular flexibility index (Phi) is 2.89. The summed E-state index contributed by atoms with van der Waals surface area (Å²) in [7, 11) is 0. The first-order chi connectivity index (χ1) is 12.2. The fourth-order valence-electron chi connectivity index (χ4n) is 2.37. The molecule has 0 unspecified atom stereocenters. The maximum Gasteiger partial charge on any atom is 0.419 e. The van der Waals surface area contributed by atoms with Gasteiger partial charge in [-0.1, -0.05) is 18.2 Å². The van der Waals surface area contributed by atoms with Gasteiger partial charge in [-0.3, -0.25) is 4.57 Å². The van der Waals surface area contributed by atoms with Gasteiger partial charge in [0.25, 0.3) is 0 Å². The van der Waals surface area contributed by atoms with Gasteiger partial charge in [-0.2, -0.15) is 5.26 Å². The molecule has 0 aliphatic carbocycles. The van der Waals surface area contributed by atoms with Crippen LogP contribution < -0.4 is 11.5 Å². The molecule has 0 fully saturated rings. The molecule has 5 nitrogen and oxygen atoms in total. The summed E-state index contributed by atoms with van der Waals surface area (Å²) in [5.74, 6) is -1.50. The molecule has 6 heteroatoms. The third-order valence-corrected chi connectivity index (χ3v) is 3.57. The number of benzene rings is 2. The van der Waals surface area contributed by atoms with Crippen molar-refractivity contribution in [2.24, 2.45) is 12.7 Å². The van der Waals surface area contributed by atoms with Crippen LogP contribution in [0.3, 0.4) is 0 Å². The third-order valence-electron chi connectivity index (χ3n) is 3.57. The summed E-state index contributed by atoms with van der Waals surface area (Å²) in [5.41, 5.74) is 7.07. The van der Waals surface area contributed by atoms with Crippen molar-refractivity contribution in [3.63, 3.8) is 0 Å². The van der Waals surface area contributed by atoms with E-state index in [0.29, 0.717) is 21.3 Å². The molecule has 0 saturated carbocycles. The smallest absolute Gasteiger partial charge is 0.408 e. The molecule has 0 radical (unpaired) electrons. The van der Waals surface area contributed by atoms with Crippen molar-refractivity contribution in [1.82, 2.24) is 4.57 Å². The van der Waals surface area contributed by atoms with Gasteiger partial charge in [0.15, 0.2) is 5.58 Å². The number of aromatic nitrogens is 1. The second-order valence-electron chi connectivity index (χ2n) is 5.13. The van der Waals surface area contributed by atoms with Crippen LogP contribution >= 0.6 is 0 Å². The van der Waals surface area contributed by atoms with E-state index in [1.165, 1.54) is 24.3 Å². The lowest BCUT2D eigenvalue weighted by atomic mass is 10.00. The molecule has 0 aliphatic heterocycles. The third kappa shape index (κ3) is 2.74. The number of hydrogen-bond acceptors (Lipinski definition) is 4. The normalized spacial score (nSPS) is 14.7. The van der Waals surface area contributed by atoms with Gasteiger partial charge in [-0.05, 0) is 34.9 Å². The van der Waals surface area contributed by atoms with Crippen molar-refractivity contribution in [2.75, 3.05) is 0 Å². The minimum absolute atomic E-state index is 0.0853. The Labute approximate surface area is 135 Å². The highest BCUT2D eigenvalue weighted by molar-refractivity contribution is 5.80. The van der Waals surface area contributed by atoms with Gasteiger partial charge in [0.1, 0.15) is 5.82 Å². The van der Waals surface area contributed by atoms with Crippen molar-refractivity contribution < 1.29 is 12.9 Å². The highest BCUT2D eigenvalue weighted by Gasteiger charge is 2.11. The van der Waals surface area contributed by atoms with E-state index in [0.717, 1.165) is 0 Å². The molecule has 116 valence electrons. The van der Waals surface area contributed by atoms with Crippen LogP contribution in [0.5, 0.6) is 0 Å². The number of aryl methyl sites for hydroxylation is 1. The van der Waals surface area contributed by atoms with Gasteiger partial charge >= 0.3 is 5.76 Å². The first-order valence-corrected chi connectivity index (χ1v) is 6.81. The Balaban J connectivity index is 2.08. The molecule has 1 atom stereocenters. The fourth-order valence-corrected chi connectivity index (χ4v) is 2.37. The number of halogens is 1. The predicted octanol–water partition coefficient (Wildman–Crippen LogP) is 2.33. The zero-order valence-electron chi connectivity index (χ0n) is 14.9.